The number of alkyl carbamates (subject to hydrolysis) is 1. The number of hydrogen-bond donors (Lipinski definition) is 4. The first-order valence-electron chi connectivity index (χ1n) is 16.3. The number of unbranched alkanes of at least 4 members (excludes halogenated alkanes) is 1. The summed E-state index contributed by atoms with van der Waals surface area (Å²) in [5.41, 5.74) is 1.80. The van der Waals surface area contributed by atoms with Gasteiger partial charge < -0.3 is 34.7 Å². The summed E-state index contributed by atoms with van der Waals surface area (Å²) in [7, 11) is -4.11. The highest BCUT2D eigenvalue weighted by atomic mass is 32.2. The molecule has 0 aliphatic carbocycles. The molecule has 0 radical (unpaired) electrons. The zero-order valence-corrected chi connectivity index (χ0v) is 28.0. The Labute approximate surface area is 276 Å². The van der Waals surface area contributed by atoms with E-state index in [4.69, 9.17) is 14.2 Å². The molecule has 2 fully saturated rings. The molecule has 0 unspecified atom stereocenters. The van der Waals surface area contributed by atoms with E-state index in [0.29, 0.717) is 29.6 Å². The van der Waals surface area contributed by atoms with Gasteiger partial charge in [0.15, 0.2) is 12.2 Å². The van der Waals surface area contributed by atoms with E-state index in [1.807, 2.05) is 44.2 Å². The third-order valence-electron chi connectivity index (χ3n) is 8.56. The lowest BCUT2D eigenvalue weighted by Crippen LogP contribution is -2.51. The summed E-state index contributed by atoms with van der Waals surface area (Å²) in [6, 6.07) is 13.1. The maximum Gasteiger partial charge on any atom is 0.407 e. The number of aliphatic hydroxyl groups is 1. The largest absolute Gasteiger partial charge is 0.494 e. The van der Waals surface area contributed by atoms with Gasteiger partial charge in [-0.1, -0.05) is 63.6 Å². The van der Waals surface area contributed by atoms with Crippen molar-refractivity contribution < 1.29 is 37.6 Å². The van der Waals surface area contributed by atoms with Crippen molar-refractivity contribution in [2.24, 2.45) is 16.8 Å². The number of carbonyl (C=O) groups excluding carboxylic acids is 1. The number of aromatic amines is 1. The molecule has 2 aromatic carbocycles. The predicted octanol–water partition coefficient (Wildman–Crippen LogP) is 4.20. The predicted molar refractivity (Wildman–Crippen MR) is 178 cm³/mol. The van der Waals surface area contributed by atoms with Crippen LogP contribution in [0.2, 0.25) is 0 Å². The Morgan fingerprint density at radius 2 is 1.98 bits per heavy atom. The number of ether oxygens (including phenoxy) is 3. The zero-order valence-electron chi connectivity index (χ0n) is 27.2. The highest BCUT2D eigenvalue weighted by molar-refractivity contribution is 7.89. The first-order valence-corrected chi connectivity index (χ1v) is 17.8. The molecule has 0 bridgehead atoms. The first-order chi connectivity index (χ1) is 22.6. The molecule has 13 heteroatoms. The summed E-state index contributed by atoms with van der Waals surface area (Å²) in [6.07, 6.45) is 1.66. The van der Waals surface area contributed by atoms with E-state index in [1.54, 1.807) is 12.3 Å². The van der Waals surface area contributed by atoms with Gasteiger partial charge in [-0.2, -0.15) is 4.31 Å². The van der Waals surface area contributed by atoms with E-state index < -0.39 is 34.4 Å². The minimum Gasteiger partial charge on any atom is -0.494 e. The Kier molecular flexibility index (Phi) is 11.6. The number of rotatable bonds is 15. The van der Waals surface area contributed by atoms with Gasteiger partial charge >= 0.3 is 6.09 Å². The van der Waals surface area contributed by atoms with Crippen LogP contribution in [0.4, 0.5) is 4.79 Å². The van der Waals surface area contributed by atoms with E-state index in [-0.39, 0.29) is 55.0 Å². The molecule has 2 aliphatic rings. The average Bonchev–Trinajstić information content (AvgIpc) is 3.74. The standard InChI is InChI=1S/C34H46N4O8S/c1-4-5-14-35-18-27-25-12-11-24(17-28(25)36-32(27)40)47(42,43)38(19-22(2)3)20-30(39)29(16-23-9-7-6-8-10-23)37-34(41)46-31-21-45-33-26(31)13-15-44-33/h6-12,17-18,22,26,29-31,33,36,39-40H,4-5,13-16,19-21H2,1-3H3,(H,37,41)/t26-,29+,30-,31+,33+/m1/s1. The number of aromatic nitrogens is 1. The van der Waals surface area contributed by atoms with Crippen molar-refractivity contribution in [1.82, 2.24) is 14.6 Å². The summed E-state index contributed by atoms with van der Waals surface area (Å²) >= 11 is 0. The van der Waals surface area contributed by atoms with Crippen molar-refractivity contribution in [3.8, 4) is 5.88 Å². The number of fused-ring (bicyclic) bond motifs is 2. The number of aromatic hydroxyl groups is 1. The van der Waals surface area contributed by atoms with E-state index in [9.17, 15) is 23.4 Å². The Bertz CT molecular complexity index is 1630. The van der Waals surface area contributed by atoms with Gasteiger partial charge in [-0.05, 0) is 42.9 Å². The van der Waals surface area contributed by atoms with E-state index in [2.05, 4.69) is 22.2 Å². The number of hydrogen-bond acceptors (Lipinski definition) is 9. The minimum atomic E-state index is -4.11. The molecule has 1 amide bonds. The second-order valence-electron chi connectivity index (χ2n) is 12.7. The molecule has 4 N–H and O–H groups in total. The molecule has 5 atom stereocenters. The van der Waals surface area contributed by atoms with Crippen molar-refractivity contribution >= 4 is 33.2 Å². The van der Waals surface area contributed by atoms with Gasteiger partial charge in [0.2, 0.25) is 10.0 Å². The first kappa shape index (κ1) is 34.8. The number of carbonyl (C=O) groups is 1. The fourth-order valence-corrected chi connectivity index (χ4v) is 7.71. The maximum atomic E-state index is 14.1. The number of aliphatic imine (C=N–C) groups is 1. The third kappa shape index (κ3) is 8.52. The molecule has 256 valence electrons. The van der Waals surface area contributed by atoms with E-state index >= 15 is 0 Å². The van der Waals surface area contributed by atoms with Gasteiger partial charge in [0.05, 0.1) is 47.3 Å². The molecule has 0 saturated carbocycles. The van der Waals surface area contributed by atoms with Crippen LogP contribution in [0, 0.1) is 11.8 Å². The van der Waals surface area contributed by atoms with Gasteiger partial charge in [0.1, 0.15) is 6.10 Å². The number of H-pyrrole nitrogens is 1. The van der Waals surface area contributed by atoms with Crippen LogP contribution in [0.1, 0.15) is 51.2 Å². The van der Waals surface area contributed by atoms with Crippen LogP contribution in [0.5, 0.6) is 5.88 Å². The Morgan fingerprint density at radius 3 is 2.72 bits per heavy atom. The van der Waals surface area contributed by atoms with Crippen molar-refractivity contribution in [3.63, 3.8) is 0 Å². The fraction of sp³-hybridized carbons (Fsp3) is 0.529. The van der Waals surface area contributed by atoms with Crippen molar-refractivity contribution in [3.05, 3.63) is 59.7 Å². The van der Waals surface area contributed by atoms with E-state index in [0.717, 1.165) is 24.8 Å². The number of benzene rings is 2. The third-order valence-corrected chi connectivity index (χ3v) is 10.4. The molecule has 12 nitrogen and oxygen atoms in total. The zero-order chi connectivity index (χ0) is 33.6. The molecule has 3 aromatic rings. The summed E-state index contributed by atoms with van der Waals surface area (Å²) in [6.45, 7) is 7.12. The molecule has 2 saturated heterocycles. The fourth-order valence-electron chi connectivity index (χ4n) is 6.07. The van der Waals surface area contributed by atoms with Crippen LogP contribution < -0.4 is 5.32 Å². The summed E-state index contributed by atoms with van der Waals surface area (Å²) < 4.78 is 46.3. The SMILES string of the molecule is CCCCN=Cc1c(O)[nH]c2cc(S(=O)(=O)N(CC(C)C)C[C@@H](O)[C@H](Cc3ccccc3)NC(=O)O[C@H]3CO[C@@H]4OCC[C@@H]43)ccc12. The summed E-state index contributed by atoms with van der Waals surface area (Å²) in [5, 5.41) is 25.6. The smallest absolute Gasteiger partial charge is 0.407 e. The van der Waals surface area contributed by atoms with Gasteiger partial charge in [-0.3, -0.25) is 4.99 Å². The van der Waals surface area contributed by atoms with Gasteiger partial charge in [0.25, 0.3) is 0 Å². The quantitative estimate of drug-likeness (QED) is 0.138. The molecular formula is C34H46N4O8S. The monoisotopic (exact) mass is 670 g/mol. The van der Waals surface area contributed by atoms with Crippen molar-refractivity contribution in [2.75, 3.05) is 32.8 Å². The van der Waals surface area contributed by atoms with Crippen molar-refractivity contribution in [2.45, 2.75) is 75.9 Å². The summed E-state index contributed by atoms with van der Waals surface area (Å²) in [5.74, 6) is -0.199. The lowest BCUT2D eigenvalue weighted by atomic mass is 10.0. The Morgan fingerprint density at radius 1 is 1.19 bits per heavy atom. The second-order valence-corrected chi connectivity index (χ2v) is 14.6. The van der Waals surface area contributed by atoms with Crippen LogP contribution in [0.3, 0.4) is 0 Å². The number of nitrogens with one attached hydrogen (secondary N) is 2. The molecule has 5 rings (SSSR count). The molecule has 2 aliphatic heterocycles. The van der Waals surface area contributed by atoms with Crippen LogP contribution in [0.25, 0.3) is 10.9 Å². The molecule has 3 heterocycles. The lowest BCUT2D eigenvalue weighted by molar-refractivity contribution is -0.0907. The van der Waals surface area contributed by atoms with Crippen LogP contribution >= 0.6 is 0 Å². The van der Waals surface area contributed by atoms with Crippen molar-refractivity contribution in [1.29, 1.82) is 0 Å². The van der Waals surface area contributed by atoms with Crippen LogP contribution in [0.15, 0.2) is 58.4 Å². The van der Waals surface area contributed by atoms with Gasteiger partial charge in [-0.15, -0.1) is 0 Å². The van der Waals surface area contributed by atoms with Crippen LogP contribution in [-0.4, -0.2) is 97.6 Å². The van der Waals surface area contributed by atoms with Gasteiger partial charge in [0, 0.05) is 31.2 Å². The second kappa shape index (κ2) is 15.6. The van der Waals surface area contributed by atoms with Crippen LogP contribution in [-0.2, 0) is 30.7 Å². The minimum absolute atomic E-state index is 0.00937. The Hall–Kier alpha value is -3.49. The Balaban J connectivity index is 1.35. The highest BCUT2D eigenvalue weighted by Crippen LogP contribution is 2.33. The number of aliphatic hydroxyl groups excluding tert-OH is 1. The van der Waals surface area contributed by atoms with Gasteiger partial charge in [-0.25, -0.2) is 13.2 Å². The van der Waals surface area contributed by atoms with E-state index in [1.165, 1.54) is 16.4 Å². The molecule has 0 spiro atoms. The number of nitrogens with zero attached hydrogens (tertiary/aromatic N) is 2. The highest BCUT2D eigenvalue weighted by Gasteiger charge is 2.44. The molecular weight excluding hydrogens is 624 g/mol. The molecule has 1 aromatic heterocycles. The number of sulfonamides is 1. The average molecular weight is 671 g/mol. The summed E-state index contributed by atoms with van der Waals surface area (Å²) in [4.78, 5) is 20.4. The maximum absolute atomic E-state index is 14.1. The number of amides is 1. The molecule has 47 heavy (non-hydrogen) atoms. The normalized spacial score (nSPS) is 21.1. The lowest BCUT2D eigenvalue weighted by Gasteiger charge is -2.31. The topological polar surface area (TPSA) is 163 Å².